The molecule has 0 heterocycles. The van der Waals surface area contributed by atoms with E-state index in [2.05, 4.69) is 31.9 Å². The Hall–Kier alpha value is -0.580. The molecule has 2 aromatic rings. The molecule has 0 amide bonds. The van der Waals surface area contributed by atoms with Gasteiger partial charge in [0.25, 0.3) is 0 Å². The summed E-state index contributed by atoms with van der Waals surface area (Å²) in [5, 5.41) is 0. The number of hydrogen-bond acceptors (Lipinski definition) is 1. The predicted molar refractivity (Wildman–Crippen MR) is 77.9 cm³/mol. The van der Waals surface area contributed by atoms with Gasteiger partial charge in [-0.2, -0.15) is 0 Å². The Morgan fingerprint density at radius 2 is 1.83 bits per heavy atom. The number of ether oxygens (including phenoxy) is 1. The summed E-state index contributed by atoms with van der Waals surface area (Å²) in [6, 6.07) is 9.79. The van der Waals surface area contributed by atoms with E-state index in [0.29, 0.717) is 21.9 Å². The molecule has 0 aliphatic heterocycles. The normalized spacial score (nSPS) is 10.4. The smallest absolute Gasteiger partial charge is 0.144 e. The highest BCUT2D eigenvalue weighted by atomic mass is 79.9. The van der Waals surface area contributed by atoms with Crippen molar-refractivity contribution < 1.29 is 9.13 Å². The third kappa shape index (κ3) is 3.25. The topological polar surface area (TPSA) is 9.23 Å². The van der Waals surface area contributed by atoms with E-state index in [4.69, 9.17) is 16.3 Å². The van der Waals surface area contributed by atoms with Gasteiger partial charge in [0.15, 0.2) is 0 Å². The number of rotatable bonds is 3. The quantitative estimate of drug-likeness (QED) is 0.591. The van der Waals surface area contributed by atoms with Crippen LogP contribution in [-0.2, 0) is 5.88 Å². The molecule has 0 spiro atoms. The van der Waals surface area contributed by atoms with E-state index in [1.54, 1.807) is 12.1 Å². The Morgan fingerprint density at radius 1 is 1.06 bits per heavy atom. The van der Waals surface area contributed by atoms with Crippen molar-refractivity contribution in [3.8, 4) is 11.5 Å². The van der Waals surface area contributed by atoms with Gasteiger partial charge in [-0.15, -0.1) is 11.6 Å². The van der Waals surface area contributed by atoms with Gasteiger partial charge < -0.3 is 4.74 Å². The second-order valence-corrected chi connectivity index (χ2v) is 5.60. The van der Waals surface area contributed by atoms with Gasteiger partial charge in [-0.3, -0.25) is 0 Å². The lowest BCUT2D eigenvalue weighted by Crippen LogP contribution is -1.91. The SMILES string of the molecule is Fc1ccc(Br)c(Oc2ccc(Br)cc2CCl)c1. The molecule has 0 saturated carbocycles. The fourth-order valence-electron chi connectivity index (χ4n) is 1.43. The van der Waals surface area contributed by atoms with Gasteiger partial charge in [-0.1, -0.05) is 15.9 Å². The predicted octanol–water partition coefficient (Wildman–Crippen LogP) is 5.88. The molecule has 94 valence electrons. The fraction of sp³-hybridized carbons (Fsp3) is 0.0769. The maximum absolute atomic E-state index is 13.2. The molecule has 0 unspecified atom stereocenters. The van der Waals surface area contributed by atoms with E-state index in [-0.39, 0.29) is 5.82 Å². The van der Waals surface area contributed by atoms with Crippen LogP contribution in [0.1, 0.15) is 5.56 Å². The van der Waals surface area contributed by atoms with Crippen molar-refractivity contribution in [3.63, 3.8) is 0 Å². The van der Waals surface area contributed by atoms with Crippen LogP contribution in [0.4, 0.5) is 4.39 Å². The van der Waals surface area contributed by atoms with E-state index >= 15 is 0 Å². The van der Waals surface area contributed by atoms with Gasteiger partial charge >= 0.3 is 0 Å². The third-order valence-corrected chi connectivity index (χ3v) is 3.72. The minimum absolute atomic E-state index is 0.321. The van der Waals surface area contributed by atoms with Crippen molar-refractivity contribution in [2.45, 2.75) is 5.88 Å². The maximum Gasteiger partial charge on any atom is 0.144 e. The Morgan fingerprint density at radius 3 is 2.56 bits per heavy atom. The summed E-state index contributed by atoms with van der Waals surface area (Å²) in [7, 11) is 0. The summed E-state index contributed by atoms with van der Waals surface area (Å²) < 4.78 is 20.4. The Labute approximate surface area is 126 Å². The molecule has 2 rings (SSSR count). The second-order valence-electron chi connectivity index (χ2n) is 3.56. The molecule has 0 atom stereocenters. The molecule has 0 aliphatic carbocycles. The largest absolute Gasteiger partial charge is 0.456 e. The first-order valence-corrected chi connectivity index (χ1v) is 7.19. The number of benzene rings is 2. The highest BCUT2D eigenvalue weighted by Crippen LogP contribution is 2.33. The average Bonchev–Trinajstić information content (AvgIpc) is 2.36. The van der Waals surface area contributed by atoms with Gasteiger partial charge in [-0.25, -0.2) is 4.39 Å². The minimum Gasteiger partial charge on any atom is -0.456 e. The van der Waals surface area contributed by atoms with Crippen LogP contribution in [0.25, 0.3) is 0 Å². The summed E-state index contributed by atoms with van der Waals surface area (Å²) in [6.45, 7) is 0. The summed E-state index contributed by atoms with van der Waals surface area (Å²) in [4.78, 5) is 0. The standard InChI is InChI=1S/C13H8Br2ClFO/c14-9-1-4-12(8(5-9)7-16)18-13-6-10(17)2-3-11(13)15/h1-6H,7H2. The Kier molecular flexibility index (Phi) is 4.65. The molecular weight excluding hydrogens is 386 g/mol. The van der Waals surface area contributed by atoms with Crippen molar-refractivity contribution >= 4 is 43.5 Å². The first-order valence-electron chi connectivity index (χ1n) is 5.07. The van der Waals surface area contributed by atoms with Crippen molar-refractivity contribution in [1.29, 1.82) is 0 Å². The number of halogens is 4. The maximum atomic E-state index is 13.2. The van der Waals surface area contributed by atoms with Crippen molar-refractivity contribution in [2.75, 3.05) is 0 Å². The summed E-state index contributed by atoms with van der Waals surface area (Å²) >= 11 is 12.5. The molecule has 0 aliphatic rings. The number of hydrogen-bond donors (Lipinski definition) is 0. The highest BCUT2D eigenvalue weighted by molar-refractivity contribution is 9.10. The average molecular weight is 394 g/mol. The molecular formula is C13H8Br2ClFO. The Balaban J connectivity index is 2.36. The summed E-state index contributed by atoms with van der Waals surface area (Å²) in [6.07, 6.45) is 0. The minimum atomic E-state index is -0.349. The fourth-order valence-corrected chi connectivity index (χ4v) is 2.37. The Bertz CT molecular complexity index is 575. The molecule has 0 N–H and O–H groups in total. The van der Waals surface area contributed by atoms with Crippen LogP contribution < -0.4 is 4.74 Å². The molecule has 0 bridgehead atoms. The van der Waals surface area contributed by atoms with E-state index in [1.807, 2.05) is 12.1 Å². The zero-order valence-corrected chi connectivity index (χ0v) is 13.0. The van der Waals surface area contributed by atoms with E-state index in [9.17, 15) is 4.39 Å². The van der Waals surface area contributed by atoms with Gasteiger partial charge in [0.1, 0.15) is 17.3 Å². The molecule has 2 aromatic carbocycles. The first-order chi connectivity index (χ1) is 8.60. The zero-order chi connectivity index (χ0) is 13.1. The van der Waals surface area contributed by atoms with Gasteiger partial charge in [0.05, 0.1) is 10.4 Å². The first kappa shape index (κ1) is 13.8. The monoisotopic (exact) mass is 392 g/mol. The summed E-state index contributed by atoms with van der Waals surface area (Å²) in [5.74, 6) is 1.00. The van der Waals surface area contributed by atoms with Crippen LogP contribution in [0.15, 0.2) is 45.3 Å². The zero-order valence-electron chi connectivity index (χ0n) is 9.09. The lowest BCUT2D eigenvalue weighted by Gasteiger charge is -2.11. The molecule has 0 fully saturated rings. The molecule has 0 aromatic heterocycles. The second kappa shape index (κ2) is 6.04. The van der Waals surface area contributed by atoms with Crippen molar-refractivity contribution in [3.05, 3.63) is 56.7 Å². The summed E-state index contributed by atoms with van der Waals surface area (Å²) in [5.41, 5.74) is 0.835. The lowest BCUT2D eigenvalue weighted by molar-refractivity contribution is 0.469. The van der Waals surface area contributed by atoms with Crippen molar-refractivity contribution in [1.82, 2.24) is 0 Å². The van der Waals surface area contributed by atoms with Gasteiger partial charge in [-0.05, 0) is 46.3 Å². The van der Waals surface area contributed by atoms with Gasteiger partial charge in [0.2, 0.25) is 0 Å². The van der Waals surface area contributed by atoms with Crippen LogP contribution in [0.2, 0.25) is 0 Å². The van der Waals surface area contributed by atoms with E-state index < -0.39 is 0 Å². The molecule has 1 nitrogen and oxygen atoms in total. The van der Waals surface area contributed by atoms with Crippen LogP contribution in [0.3, 0.4) is 0 Å². The highest BCUT2D eigenvalue weighted by Gasteiger charge is 2.08. The molecule has 18 heavy (non-hydrogen) atoms. The third-order valence-electron chi connectivity index (χ3n) is 2.28. The lowest BCUT2D eigenvalue weighted by atomic mass is 10.2. The van der Waals surface area contributed by atoms with E-state index in [0.717, 1.165) is 10.0 Å². The van der Waals surface area contributed by atoms with Crippen molar-refractivity contribution in [2.24, 2.45) is 0 Å². The number of alkyl halides is 1. The van der Waals surface area contributed by atoms with Gasteiger partial charge in [0, 0.05) is 16.1 Å². The molecule has 5 heteroatoms. The van der Waals surface area contributed by atoms with Crippen LogP contribution in [0, 0.1) is 5.82 Å². The molecule has 0 saturated heterocycles. The van der Waals surface area contributed by atoms with E-state index in [1.165, 1.54) is 12.1 Å². The van der Waals surface area contributed by atoms with Crippen LogP contribution in [-0.4, -0.2) is 0 Å². The van der Waals surface area contributed by atoms with Crippen LogP contribution in [0.5, 0.6) is 11.5 Å². The molecule has 0 radical (unpaired) electrons. The van der Waals surface area contributed by atoms with Crippen LogP contribution >= 0.6 is 43.5 Å².